The number of aromatic nitrogens is 2. The maximum absolute atomic E-state index is 12.5. The van der Waals surface area contributed by atoms with E-state index >= 15 is 0 Å². The molecule has 3 aromatic rings. The Morgan fingerprint density at radius 1 is 1.07 bits per heavy atom. The molecule has 0 aliphatic heterocycles. The molecule has 0 atom stereocenters. The van der Waals surface area contributed by atoms with Gasteiger partial charge in [-0.25, -0.2) is 9.97 Å². The van der Waals surface area contributed by atoms with Gasteiger partial charge in [0.15, 0.2) is 5.82 Å². The fourth-order valence-electron chi connectivity index (χ4n) is 2.59. The van der Waals surface area contributed by atoms with E-state index in [1.165, 1.54) is 0 Å². The molecule has 0 bridgehead atoms. The number of nitrogens with one attached hydrogen (secondary N) is 2. The molecule has 0 aliphatic carbocycles. The molecule has 6 nitrogen and oxygen atoms in total. The Hall–Kier alpha value is -3.72. The van der Waals surface area contributed by atoms with Crippen molar-refractivity contribution in [1.82, 2.24) is 15.3 Å². The Bertz CT molecular complexity index is 978. The first-order chi connectivity index (χ1) is 13.7. The maximum atomic E-state index is 12.5. The number of carbonyl (C=O) groups is 1. The third kappa shape index (κ3) is 4.92. The van der Waals surface area contributed by atoms with Crippen LogP contribution in [0, 0.1) is 11.3 Å². The number of carbonyl (C=O) groups excluding carboxylic acids is 1. The van der Waals surface area contributed by atoms with E-state index in [9.17, 15) is 4.79 Å². The van der Waals surface area contributed by atoms with Crippen molar-refractivity contribution in [2.24, 2.45) is 0 Å². The van der Waals surface area contributed by atoms with E-state index in [1.54, 1.807) is 30.3 Å². The molecule has 28 heavy (non-hydrogen) atoms. The second-order valence-corrected chi connectivity index (χ2v) is 6.25. The smallest absolute Gasteiger partial charge is 0.270 e. The highest BCUT2D eigenvalue weighted by Crippen LogP contribution is 2.21. The van der Waals surface area contributed by atoms with Crippen LogP contribution in [-0.2, 0) is 0 Å². The van der Waals surface area contributed by atoms with Gasteiger partial charge in [0.05, 0.1) is 11.6 Å². The lowest BCUT2D eigenvalue weighted by Gasteiger charge is -2.11. The molecular formula is C22H21N5O. The standard InChI is InChI=1S/C22H21N5O/c1-2-3-13-24-22(28)19-14-20(25-18-11-9-16(15-23)10-12-18)27-21(26-19)17-7-5-4-6-8-17/h4-12,14H,2-3,13H2,1H3,(H,24,28)(H,25,26,27). The van der Waals surface area contributed by atoms with Crippen molar-refractivity contribution in [2.75, 3.05) is 11.9 Å². The number of hydrogen-bond acceptors (Lipinski definition) is 5. The molecule has 140 valence electrons. The summed E-state index contributed by atoms with van der Waals surface area (Å²) in [5, 5.41) is 15.0. The first-order valence-electron chi connectivity index (χ1n) is 9.19. The monoisotopic (exact) mass is 371 g/mol. The third-order valence-corrected chi connectivity index (χ3v) is 4.09. The molecule has 0 saturated carbocycles. The number of rotatable bonds is 7. The lowest BCUT2D eigenvalue weighted by Crippen LogP contribution is -2.25. The van der Waals surface area contributed by atoms with Crippen LogP contribution < -0.4 is 10.6 Å². The normalized spacial score (nSPS) is 10.1. The molecule has 0 aliphatic rings. The number of hydrogen-bond donors (Lipinski definition) is 2. The van der Waals surface area contributed by atoms with Gasteiger partial charge in [0, 0.05) is 23.9 Å². The highest BCUT2D eigenvalue weighted by atomic mass is 16.1. The van der Waals surface area contributed by atoms with Gasteiger partial charge < -0.3 is 10.6 Å². The molecule has 1 heterocycles. The summed E-state index contributed by atoms with van der Waals surface area (Å²) in [6.07, 6.45) is 1.92. The van der Waals surface area contributed by atoms with Crippen molar-refractivity contribution in [2.45, 2.75) is 19.8 Å². The van der Waals surface area contributed by atoms with Crippen molar-refractivity contribution in [3.05, 3.63) is 71.9 Å². The highest BCUT2D eigenvalue weighted by Gasteiger charge is 2.13. The SMILES string of the molecule is CCCCNC(=O)c1cc(Nc2ccc(C#N)cc2)nc(-c2ccccc2)n1. The summed E-state index contributed by atoms with van der Waals surface area (Å²) in [5.74, 6) is 0.759. The average molecular weight is 371 g/mol. The second kappa shape index (κ2) is 9.28. The quantitative estimate of drug-likeness (QED) is 0.605. The number of nitrogens with zero attached hydrogens (tertiary/aromatic N) is 3. The van der Waals surface area contributed by atoms with Gasteiger partial charge in [0.25, 0.3) is 5.91 Å². The van der Waals surface area contributed by atoms with Crippen LogP contribution in [0.15, 0.2) is 60.7 Å². The Labute approximate surface area is 164 Å². The lowest BCUT2D eigenvalue weighted by atomic mass is 10.2. The molecule has 0 saturated heterocycles. The minimum Gasteiger partial charge on any atom is -0.351 e. The largest absolute Gasteiger partial charge is 0.351 e. The molecule has 2 N–H and O–H groups in total. The van der Waals surface area contributed by atoms with Crippen LogP contribution in [0.2, 0.25) is 0 Å². The fraction of sp³-hybridized carbons (Fsp3) is 0.182. The van der Waals surface area contributed by atoms with E-state index in [1.807, 2.05) is 30.3 Å². The summed E-state index contributed by atoms with van der Waals surface area (Å²) >= 11 is 0. The zero-order valence-electron chi connectivity index (χ0n) is 15.6. The van der Waals surface area contributed by atoms with Crippen molar-refractivity contribution in [3.8, 4) is 17.5 Å². The van der Waals surface area contributed by atoms with Crippen molar-refractivity contribution in [3.63, 3.8) is 0 Å². The van der Waals surface area contributed by atoms with Crippen molar-refractivity contribution in [1.29, 1.82) is 5.26 Å². The minimum absolute atomic E-state index is 0.226. The molecule has 0 spiro atoms. The summed E-state index contributed by atoms with van der Waals surface area (Å²) in [5.41, 5.74) is 2.48. The van der Waals surface area contributed by atoms with E-state index < -0.39 is 0 Å². The maximum Gasteiger partial charge on any atom is 0.270 e. The topological polar surface area (TPSA) is 90.7 Å². The number of benzene rings is 2. The van der Waals surface area contributed by atoms with Crippen LogP contribution in [0.5, 0.6) is 0 Å². The Morgan fingerprint density at radius 2 is 1.82 bits per heavy atom. The van der Waals surface area contributed by atoms with Gasteiger partial charge in [-0.1, -0.05) is 43.7 Å². The van der Waals surface area contributed by atoms with Crippen LogP contribution in [0.1, 0.15) is 35.8 Å². The van der Waals surface area contributed by atoms with E-state index in [0.717, 1.165) is 24.1 Å². The predicted octanol–water partition coefficient (Wildman–Crippen LogP) is 4.29. The average Bonchev–Trinajstić information content (AvgIpc) is 2.75. The summed E-state index contributed by atoms with van der Waals surface area (Å²) in [4.78, 5) is 21.5. The third-order valence-electron chi connectivity index (χ3n) is 4.09. The van der Waals surface area contributed by atoms with Gasteiger partial charge >= 0.3 is 0 Å². The van der Waals surface area contributed by atoms with Gasteiger partial charge in [-0.2, -0.15) is 5.26 Å². The Balaban J connectivity index is 1.92. The molecule has 2 aromatic carbocycles. The molecular weight excluding hydrogens is 350 g/mol. The highest BCUT2D eigenvalue weighted by molar-refractivity contribution is 5.93. The van der Waals surface area contributed by atoms with Crippen molar-refractivity contribution < 1.29 is 4.79 Å². The molecule has 0 radical (unpaired) electrons. The summed E-state index contributed by atoms with van der Waals surface area (Å²) in [6.45, 7) is 2.68. The lowest BCUT2D eigenvalue weighted by molar-refractivity contribution is 0.0948. The molecule has 6 heteroatoms. The van der Waals surface area contributed by atoms with Crippen molar-refractivity contribution >= 4 is 17.4 Å². The summed E-state index contributed by atoms with van der Waals surface area (Å²) in [6, 6.07) is 20.3. The predicted molar refractivity (Wildman–Crippen MR) is 109 cm³/mol. The number of unbranched alkanes of at least 4 members (excludes halogenated alkanes) is 1. The Kier molecular flexibility index (Phi) is 6.32. The van der Waals surface area contributed by atoms with E-state index in [0.29, 0.717) is 29.4 Å². The number of nitriles is 1. The molecule has 3 rings (SSSR count). The van der Waals surface area contributed by atoms with E-state index in [2.05, 4.69) is 33.6 Å². The summed E-state index contributed by atoms with van der Waals surface area (Å²) in [7, 11) is 0. The zero-order chi connectivity index (χ0) is 19.8. The molecule has 0 fully saturated rings. The van der Waals surface area contributed by atoms with E-state index in [-0.39, 0.29) is 5.91 Å². The molecule has 0 unspecified atom stereocenters. The fourth-order valence-corrected chi connectivity index (χ4v) is 2.59. The minimum atomic E-state index is -0.226. The summed E-state index contributed by atoms with van der Waals surface area (Å²) < 4.78 is 0. The second-order valence-electron chi connectivity index (χ2n) is 6.25. The van der Waals surface area contributed by atoms with Gasteiger partial charge in [0.2, 0.25) is 0 Å². The van der Waals surface area contributed by atoms with Gasteiger partial charge in [-0.3, -0.25) is 4.79 Å². The first kappa shape index (κ1) is 19.1. The molecule has 1 amide bonds. The number of amides is 1. The van der Waals surface area contributed by atoms with Gasteiger partial charge in [-0.05, 0) is 30.7 Å². The number of anilines is 2. The first-order valence-corrected chi connectivity index (χ1v) is 9.19. The van der Waals surface area contributed by atoms with Crippen LogP contribution >= 0.6 is 0 Å². The zero-order valence-corrected chi connectivity index (χ0v) is 15.6. The molecule has 1 aromatic heterocycles. The Morgan fingerprint density at radius 3 is 2.50 bits per heavy atom. The van der Waals surface area contributed by atoms with Crippen LogP contribution in [-0.4, -0.2) is 22.4 Å². The van der Waals surface area contributed by atoms with Gasteiger partial charge in [0.1, 0.15) is 11.5 Å². The van der Waals surface area contributed by atoms with Gasteiger partial charge in [-0.15, -0.1) is 0 Å². The van der Waals surface area contributed by atoms with Crippen LogP contribution in [0.3, 0.4) is 0 Å². The van der Waals surface area contributed by atoms with Crippen LogP contribution in [0.4, 0.5) is 11.5 Å². The van der Waals surface area contributed by atoms with Crippen LogP contribution in [0.25, 0.3) is 11.4 Å². The van der Waals surface area contributed by atoms with E-state index in [4.69, 9.17) is 5.26 Å².